The highest BCUT2D eigenvalue weighted by molar-refractivity contribution is 5.77. The Labute approximate surface area is 165 Å². The molecule has 1 aliphatic heterocycles. The Morgan fingerprint density at radius 1 is 1.29 bits per heavy atom. The van der Waals surface area contributed by atoms with E-state index in [0.717, 1.165) is 5.56 Å². The average molecular weight is 386 g/mol. The lowest BCUT2D eigenvalue weighted by Crippen LogP contribution is -2.54. The number of carbonyl (C=O) groups excluding carboxylic acids is 1. The summed E-state index contributed by atoms with van der Waals surface area (Å²) in [7, 11) is 0. The van der Waals surface area contributed by atoms with Crippen LogP contribution in [0.25, 0.3) is 0 Å². The fraction of sp³-hybridized carbons (Fsp3) is 0.476. The molecule has 1 aromatic carbocycles. The van der Waals surface area contributed by atoms with E-state index in [1.54, 1.807) is 18.2 Å². The van der Waals surface area contributed by atoms with Crippen LogP contribution in [0.3, 0.4) is 0 Å². The first-order chi connectivity index (χ1) is 13.3. The fourth-order valence-corrected chi connectivity index (χ4v) is 3.36. The smallest absolute Gasteiger partial charge is 0.224 e. The van der Waals surface area contributed by atoms with Crippen molar-refractivity contribution >= 4 is 11.7 Å². The Balaban J connectivity index is 1.69. The highest BCUT2D eigenvalue weighted by Gasteiger charge is 2.28. The van der Waals surface area contributed by atoms with Gasteiger partial charge in [-0.3, -0.25) is 4.79 Å². The normalized spacial score (nSPS) is 17.1. The van der Waals surface area contributed by atoms with Gasteiger partial charge in [-0.15, -0.1) is 0 Å². The van der Waals surface area contributed by atoms with E-state index in [2.05, 4.69) is 28.7 Å². The Morgan fingerprint density at radius 3 is 2.79 bits per heavy atom. The summed E-state index contributed by atoms with van der Waals surface area (Å²) in [4.78, 5) is 24.9. The zero-order valence-corrected chi connectivity index (χ0v) is 16.9. The summed E-state index contributed by atoms with van der Waals surface area (Å²) in [5.74, 6) is 1.25. The lowest BCUT2D eigenvalue weighted by atomic mass is 10.1. The Morgan fingerprint density at radius 2 is 2.07 bits per heavy atom. The number of aryl methyl sites for hydroxylation is 1. The largest absolute Gasteiger partial charge is 0.436 e. The van der Waals surface area contributed by atoms with Gasteiger partial charge >= 0.3 is 0 Å². The van der Waals surface area contributed by atoms with Crippen LogP contribution in [0.2, 0.25) is 0 Å². The first-order valence-corrected chi connectivity index (χ1v) is 9.64. The Kier molecular flexibility index (Phi) is 6.11. The van der Waals surface area contributed by atoms with Gasteiger partial charge in [-0.05, 0) is 37.5 Å². The quantitative estimate of drug-likeness (QED) is 0.782. The molecule has 0 radical (unpaired) electrons. The third kappa shape index (κ3) is 4.77. The number of piperazine rings is 1. The van der Waals surface area contributed by atoms with E-state index in [1.165, 1.54) is 12.4 Å². The van der Waals surface area contributed by atoms with Crippen LogP contribution in [0.15, 0.2) is 30.6 Å². The van der Waals surface area contributed by atoms with Crippen molar-refractivity contribution in [2.75, 3.05) is 24.5 Å². The highest BCUT2D eigenvalue weighted by atomic mass is 19.1. The van der Waals surface area contributed by atoms with Crippen molar-refractivity contribution in [3.63, 3.8) is 0 Å². The number of ether oxygens (including phenoxy) is 1. The molecule has 0 N–H and O–H groups in total. The number of aromatic nitrogens is 2. The monoisotopic (exact) mass is 386 g/mol. The second kappa shape index (κ2) is 8.54. The molecule has 1 unspecified atom stereocenters. The zero-order chi connectivity index (χ0) is 20.3. The van der Waals surface area contributed by atoms with Crippen LogP contribution in [-0.4, -0.2) is 46.5 Å². The van der Waals surface area contributed by atoms with Gasteiger partial charge in [0.1, 0.15) is 12.1 Å². The molecular formula is C21H27FN4O2. The van der Waals surface area contributed by atoms with Crippen LogP contribution in [0.4, 0.5) is 10.2 Å². The SMILES string of the molecule is Cc1ccc(F)c(Oc2cc(N3CCN(C(=O)CC(C)C)C(C)C3)ncn2)c1. The molecule has 0 bridgehead atoms. The average Bonchev–Trinajstić information content (AvgIpc) is 2.64. The molecule has 1 atom stereocenters. The predicted molar refractivity (Wildman–Crippen MR) is 106 cm³/mol. The van der Waals surface area contributed by atoms with Crippen molar-refractivity contribution in [3.05, 3.63) is 42.0 Å². The van der Waals surface area contributed by atoms with Crippen LogP contribution in [0.1, 0.15) is 32.8 Å². The Hall–Kier alpha value is -2.70. The van der Waals surface area contributed by atoms with Crippen molar-refractivity contribution in [3.8, 4) is 11.6 Å². The molecule has 2 aromatic rings. The van der Waals surface area contributed by atoms with E-state index in [-0.39, 0.29) is 17.7 Å². The van der Waals surface area contributed by atoms with Crippen LogP contribution < -0.4 is 9.64 Å². The van der Waals surface area contributed by atoms with Gasteiger partial charge < -0.3 is 14.5 Å². The molecule has 6 nitrogen and oxygen atoms in total. The van der Waals surface area contributed by atoms with Crippen molar-refractivity contribution in [1.82, 2.24) is 14.9 Å². The van der Waals surface area contributed by atoms with Crippen molar-refractivity contribution in [1.29, 1.82) is 0 Å². The van der Waals surface area contributed by atoms with E-state index in [9.17, 15) is 9.18 Å². The summed E-state index contributed by atoms with van der Waals surface area (Å²) in [5, 5.41) is 0. The van der Waals surface area contributed by atoms with E-state index in [0.29, 0.717) is 43.7 Å². The molecule has 1 aromatic heterocycles. The lowest BCUT2D eigenvalue weighted by molar-refractivity contribution is -0.134. The zero-order valence-electron chi connectivity index (χ0n) is 16.9. The first kappa shape index (κ1) is 20.0. The number of nitrogens with zero attached hydrogens (tertiary/aromatic N) is 4. The van der Waals surface area contributed by atoms with Gasteiger partial charge in [-0.2, -0.15) is 0 Å². The van der Waals surface area contributed by atoms with Crippen molar-refractivity contribution < 1.29 is 13.9 Å². The molecule has 7 heteroatoms. The van der Waals surface area contributed by atoms with Gasteiger partial charge in [0.2, 0.25) is 11.8 Å². The minimum Gasteiger partial charge on any atom is -0.436 e. The van der Waals surface area contributed by atoms with Gasteiger partial charge in [0.05, 0.1) is 0 Å². The Bertz CT molecular complexity index is 843. The second-order valence-corrected chi connectivity index (χ2v) is 7.73. The third-order valence-corrected chi connectivity index (χ3v) is 4.78. The van der Waals surface area contributed by atoms with Crippen LogP contribution >= 0.6 is 0 Å². The van der Waals surface area contributed by atoms with E-state index in [1.807, 2.05) is 18.7 Å². The van der Waals surface area contributed by atoms with E-state index < -0.39 is 5.82 Å². The number of halogens is 1. The van der Waals surface area contributed by atoms with E-state index >= 15 is 0 Å². The minimum absolute atomic E-state index is 0.0913. The second-order valence-electron chi connectivity index (χ2n) is 7.73. The summed E-state index contributed by atoms with van der Waals surface area (Å²) in [5.41, 5.74) is 0.904. The lowest BCUT2D eigenvalue weighted by Gasteiger charge is -2.40. The number of benzene rings is 1. The van der Waals surface area contributed by atoms with Crippen LogP contribution in [-0.2, 0) is 4.79 Å². The highest BCUT2D eigenvalue weighted by Crippen LogP contribution is 2.26. The standard InChI is InChI=1S/C21H27FN4O2/c1-14(2)9-21(27)26-8-7-25(12-16(26)4)19-11-20(24-13-23-19)28-18-10-15(3)5-6-17(18)22/h5-6,10-11,13-14,16H,7-9,12H2,1-4H3. The maximum absolute atomic E-state index is 14.0. The molecular weight excluding hydrogens is 359 g/mol. The number of hydrogen-bond donors (Lipinski definition) is 0. The molecule has 1 fully saturated rings. The van der Waals surface area contributed by atoms with E-state index in [4.69, 9.17) is 4.74 Å². The third-order valence-electron chi connectivity index (χ3n) is 4.78. The maximum Gasteiger partial charge on any atom is 0.224 e. The van der Waals surface area contributed by atoms with Crippen molar-refractivity contribution in [2.45, 2.75) is 40.2 Å². The molecule has 28 heavy (non-hydrogen) atoms. The summed E-state index contributed by atoms with van der Waals surface area (Å²) < 4.78 is 19.6. The summed E-state index contributed by atoms with van der Waals surface area (Å²) in [6.07, 6.45) is 1.98. The summed E-state index contributed by atoms with van der Waals surface area (Å²) >= 11 is 0. The number of hydrogen-bond acceptors (Lipinski definition) is 5. The topological polar surface area (TPSA) is 58.6 Å². The summed E-state index contributed by atoms with van der Waals surface area (Å²) in [6, 6.07) is 6.50. The molecule has 2 heterocycles. The molecule has 3 rings (SSSR count). The van der Waals surface area contributed by atoms with Crippen LogP contribution in [0, 0.1) is 18.7 Å². The molecule has 1 amide bonds. The van der Waals surface area contributed by atoms with Gasteiger partial charge in [0, 0.05) is 38.2 Å². The first-order valence-electron chi connectivity index (χ1n) is 9.64. The molecule has 150 valence electrons. The number of rotatable bonds is 5. The van der Waals surface area contributed by atoms with Crippen molar-refractivity contribution in [2.24, 2.45) is 5.92 Å². The number of amides is 1. The molecule has 1 saturated heterocycles. The van der Waals surface area contributed by atoms with Gasteiger partial charge in [0.15, 0.2) is 11.6 Å². The van der Waals surface area contributed by atoms with Crippen LogP contribution in [0.5, 0.6) is 11.6 Å². The predicted octanol–water partition coefficient (Wildman–Crippen LogP) is 3.80. The molecule has 0 spiro atoms. The molecule has 0 saturated carbocycles. The fourth-order valence-electron chi connectivity index (χ4n) is 3.36. The number of anilines is 1. The molecule has 0 aliphatic carbocycles. The summed E-state index contributed by atoms with van der Waals surface area (Å²) in [6.45, 7) is 10.0. The molecule has 1 aliphatic rings. The van der Waals surface area contributed by atoms with Gasteiger partial charge in [-0.25, -0.2) is 14.4 Å². The van der Waals surface area contributed by atoms with Gasteiger partial charge in [-0.1, -0.05) is 19.9 Å². The maximum atomic E-state index is 14.0. The number of carbonyl (C=O) groups is 1. The van der Waals surface area contributed by atoms with Gasteiger partial charge in [0.25, 0.3) is 0 Å². The minimum atomic E-state index is -0.434.